The molecule has 0 amide bonds. The number of hydrogen-bond acceptors (Lipinski definition) is 2. The molecule has 2 aromatic rings. The van der Waals surface area contributed by atoms with Gasteiger partial charge in [-0.2, -0.15) is 0 Å². The third kappa shape index (κ3) is 2.11. The SMILES string of the molecule is Cc1cc(Br)cn2c(CO)c(C(C)(C)C)nc12. The number of aliphatic hydroxyl groups excluding tert-OH is 1. The molecule has 0 atom stereocenters. The van der Waals surface area contributed by atoms with Gasteiger partial charge in [0.25, 0.3) is 0 Å². The van der Waals surface area contributed by atoms with E-state index in [-0.39, 0.29) is 12.0 Å². The molecular weight excluding hydrogens is 280 g/mol. The van der Waals surface area contributed by atoms with Gasteiger partial charge in [0.2, 0.25) is 0 Å². The molecule has 2 heterocycles. The lowest BCUT2D eigenvalue weighted by Gasteiger charge is -2.16. The molecule has 0 aliphatic heterocycles. The number of fused-ring (bicyclic) bond motifs is 1. The lowest BCUT2D eigenvalue weighted by molar-refractivity contribution is 0.272. The Labute approximate surface area is 110 Å². The molecule has 3 nitrogen and oxygen atoms in total. The van der Waals surface area contributed by atoms with E-state index in [0.29, 0.717) is 0 Å². The number of imidazole rings is 1. The highest BCUT2D eigenvalue weighted by molar-refractivity contribution is 9.10. The Morgan fingerprint density at radius 2 is 2.06 bits per heavy atom. The lowest BCUT2D eigenvalue weighted by atomic mass is 9.91. The van der Waals surface area contributed by atoms with Gasteiger partial charge in [0.05, 0.1) is 18.0 Å². The summed E-state index contributed by atoms with van der Waals surface area (Å²) in [6, 6.07) is 2.04. The van der Waals surface area contributed by atoms with Crippen molar-refractivity contribution in [1.82, 2.24) is 9.38 Å². The van der Waals surface area contributed by atoms with E-state index >= 15 is 0 Å². The highest BCUT2D eigenvalue weighted by Crippen LogP contribution is 2.28. The van der Waals surface area contributed by atoms with Crippen LogP contribution in [-0.4, -0.2) is 14.5 Å². The van der Waals surface area contributed by atoms with Gasteiger partial charge in [-0.25, -0.2) is 4.98 Å². The van der Waals surface area contributed by atoms with Gasteiger partial charge in [0, 0.05) is 16.1 Å². The van der Waals surface area contributed by atoms with Gasteiger partial charge in [-0.3, -0.25) is 0 Å². The summed E-state index contributed by atoms with van der Waals surface area (Å²) in [7, 11) is 0. The number of aromatic nitrogens is 2. The zero-order valence-corrected chi connectivity index (χ0v) is 12.2. The molecule has 0 bridgehead atoms. The molecule has 0 aliphatic rings. The standard InChI is InChI=1S/C13H17BrN2O/c1-8-5-9(14)6-16-10(7-17)11(13(2,3)4)15-12(8)16/h5-6,17H,7H2,1-4H3. The topological polar surface area (TPSA) is 37.5 Å². The summed E-state index contributed by atoms with van der Waals surface area (Å²) in [5, 5.41) is 9.57. The third-order valence-electron chi connectivity index (χ3n) is 2.83. The molecular formula is C13H17BrN2O. The third-order valence-corrected chi connectivity index (χ3v) is 3.26. The molecule has 0 aromatic carbocycles. The van der Waals surface area contributed by atoms with Gasteiger partial charge in [-0.1, -0.05) is 20.8 Å². The molecule has 0 aliphatic carbocycles. The van der Waals surface area contributed by atoms with Crippen LogP contribution in [0.4, 0.5) is 0 Å². The highest BCUT2D eigenvalue weighted by atomic mass is 79.9. The van der Waals surface area contributed by atoms with E-state index in [1.54, 1.807) is 0 Å². The maximum Gasteiger partial charge on any atom is 0.140 e. The Kier molecular flexibility index (Phi) is 3.04. The second-order valence-corrected chi connectivity index (χ2v) is 6.27. The Hall–Kier alpha value is -0.870. The molecule has 1 N–H and O–H groups in total. The normalized spacial score (nSPS) is 12.4. The number of aliphatic hydroxyl groups is 1. The summed E-state index contributed by atoms with van der Waals surface area (Å²) < 4.78 is 2.97. The van der Waals surface area contributed by atoms with Crippen molar-refractivity contribution in [3.8, 4) is 0 Å². The van der Waals surface area contributed by atoms with Crippen LogP contribution in [0.15, 0.2) is 16.7 Å². The largest absolute Gasteiger partial charge is 0.390 e. The van der Waals surface area contributed by atoms with Crippen LogP contribution in [0.1, 0.15) is 37.7 Å². The fourth-order valence-corrected chi connectivity index (χ4v) is 2.62. The number of rotatable bonds is 1. The molecule has 0 saturated heterocycles. The van der Waals surface area contributed by atoms with Crippen LogP contribution in [-0.2, 0) is 12.0 Å². The molecule has 0 spiro atoms. The minimum absolute atomic E-state index is 0.00363. The van der Waals surface area contributed by atoms with Crippen LogP contribution < -0.4 is 0 Å². The Balaban J connectivity index is 2.85. The zero-order chi connectivity index (χ0) is 12.8. The molecule has 2 rings (SSSR count). The number of nitrogens with zero attached hydrogens (tertiary/aromatic N) is 2. The van der Waals surface area contributed by atoms with Crippen LogP contribution in [0.25, 0.3) is 5.65 Å². The minimum Gasteiger partial charge on any atom is -0.390 e. The summed E-state index contributed by atoms with van der Waals surface area (Å²) >= 11 is 3.48. The number of aryl methyl sites for hydroxylation is 1. The molecule has 2 aromatic heterocycles. The van der Waals surface area contributed by atoms with Gasteiger partial charge in [0.15, 0.2) is 0 Å². The summed E-state index contributed by atoms with van der Waals surface area (Å²) in [6.07, 6.45) is 1.95. The fraction of sp³-hybridized carbons (Fsp3) is 0.462. The Bertz CT molecular complexity index is 567. The maximum atomic E-state index is 9.57. The monoisotopic (exact) mass is 296 g/mol. The van der Waals surface area contributed by atoms with Crippen LogP contribution in [0.2, 0.25) is 0 Å². The fourth-order valence-electron chi connectivity index (χ4n) is 2.07. The average molecular weight is 297 g/mol. The average Bonchev–Trinajstić information content (AvgIpc) is 2.55. The van der Waals surface area contributed by atoms with Crippen LogP contribution in [0.5, 0.6) is 0 Å². The van der Waals surface area contributed by atoms with E-state index in [0.717, 1.165) is 27.1 Å². The first kappa shape index (κ1) is 12.6. The summed E-state index contributed by atoms with van der Waals surface area (Å²) in [4.78, 5) is 4.68. The van der Waals surface area contributed by atoms with Crippen molar-refractivity contribution in [2.45, 2.75) is 39.7 Å². The first-order chi connectivity index (χ1) is 7.84. The van der Waals surface area contributed by atoms with Crippen molar-refractivity contribution < 1.29 is 5.11 Å². The molecule has 4 heteroatoms. The quantitative estimate of drug-likeness (QED) is 0.877. The predicted octanol–water partition coefficient (Wildman–Crippen LogP) is 3.20. The van der Waals surface area contributed by atoms with Crippen molar-refractivity contribution in [1.29, 1.82) is 0 Å². The van der Waals surface area contributed by atoms with Gasteiger partial charge in [-0.05, 0) is 34.5 Å². The van der Waals surface area contributed by atoms with Crippen molar-refractivity contribution in [2.75, 3.05) is 0 Å². The van der Waals surface area contributed by atoms with Gasteiger partial charge in [-0.15, -0.1) is 0 Å². The highest BCUT2D eigenvalue weighted by Gasteiger charge is 2.23. The molecule has 92 valence electrons. The van der Waals surface area contributed by atoms with E-state index < -0.39 is 0 Å². The number of halogens is 1. The van der Waals surface area contributed by atoms with Crippen molar-refractivity contribution in [3.63, 3.8) is 0 Å². The van der Waals surface area contributed by atoms with Crippen LogP contribution in [0.3, 0.4) is 0 Å². The smallest absolute Gasteiger partial charge is 0.140 e. The summed E-state index contributed by atoms with van der Waals surface area (Å²) in [6.45, 7) is 8.36. The van der Waals surface area contributed by atoms with Crippen molar-refractivity contribution in [2.24, 2.45) is 0 Å². The van der Waals surface area contributed by atoms with E-state index in [9.17, 15) is 5.11 Å². The Morgan fingerprint density at radius 1 is 1.41 bits per heavy atom. The van der Waals surface area contributed by atoms with Gasteiger partial charge < -0.3 is 9.51 Å². The van der Waals surface area contributed by atoms with Gasteiger partial charge in [0.1, 0.15) is 5.65 Å². The first-order valence-corrected chi connectivity index (χ1v) is 6.42. The summed E-state index contributed by atoms with van der Waals surface area (Å²) in [5.41, 5.74) is 3.79. The minimum atomic E-state index is -0.0665. The van der Waals surface area contributed by atoms with Crippen LogP contribution in [0, 0.1) is 6.92 Å². The molecule has 0 unspecified atom stereocenters. The first-order valence-electron chi connectivity index (χ1n) is 5.63. The zero-order valence-electron chi connectivity index (χ0n) is 10.6. The van der Waals surface area contributed by atoms with E-state index in [1.165, 1.54) is 0 Å². The molecule has 0 saturated carbocycles. The van der Waals surface area contributed by atoms with E-state index in [1.807, 2.05) is 23.6 Å². The van der Waals surface area contributed by atoms with E-state index in [4.69, 9.17) is 0 Å². The second kappa shape index (κ2) is 4.10. The molecule has 17 heavy (non-hydrogen) atoms. The van der Waals surface area contributed by atoms with Crippen molar-refractivity contribution >= 4 is 21.6 Å². The lowest BCUT2D eigenvalue weighted by Crippen LogP contribution is -2.14. The van der Waals surface area contributed by atoms with Crippen LogP contribution >= 0.6 is 15.9 Å². The number of hydrogen-bond donors (Lipinski definition) is 1. The molecule has 0 radical (unpaired) electrons. The van der Waals surface area contributed by atoms with Crippen molar-refractivity contribution in [3.05, 3.63) is 33.7 Å². The predicted molar refractivity (Wildman–Crippen MR) is 72.3 cm³/mol. The maximum absolute atomic E-state index is 9.57. The summed E-state index contributed by atoms with van der Waals surface area (Å²) in [5.74, 6) is 0. The second-order valence-electron chi connectivity index (χ2n) is 5.35. The van der Waals surface area contributed by atoms with E-state index in [2.05, 4.69) is 41.7 Å². The Morgan fingerprint density at radius 3 is 2.59 bits per heavy atom. The molecule has 0 fully saturated rings. The number of pyridine rings is 1. The van der Waals surface area contributed by atoms with Gasteiger partial charge >= 0.3 is 0 Å².